The van der Waals surface area contributed by atoms with Gasteiger partial charge in [-0.2, -0.15) is 0 Å². The first-order valence-corrected chi connectivity index (χ1v) is 4.14. The van der Waals surface area contributed by atoms with Crippen molar-refractivity contribution in [2.45, 2.75) is 38.7 Å². The molecular formula is C9H16O. The molecule has 1 rings (SSSR count). The average molecular weight is 140 g/mol. The summed E-state index contributed by atoms with van der Waals surface area (Å²) in [7, 11) is 0. The van der Waals surface area contributed by atoms with Gasteiger partial charge in [-0.3, -0.25) is 0 Å². The molecule has 58 valence electrons. The van der Waals surface area contributed by atoms with Gasteiger partial charge in [0.15, 0.2) is 0 Å². The van der Waals surface area contributed by atoms with Crippen LogP contribution < -0.4 is 0 Å². The van der Waals surface area contributed by atoms with Crippen molar-refractivity contribution < 1.29 is 5.11 Å². The monoisotopic (exact) mass is 140 g/mol. The normalized spacial score (nSPS) is 35.0. The van der Waals surface area contributed by atoms with Crippen LogP contribution in [-0.2, 0) is 0 Å². The summed E-state index contributed by atoms with van der Waals surface area (Å²) in [5.41, 5.74) is 0. The Balaban J connectivity index is 2.38. The number of aliphatic hydroxyl groups is 1. The maximum atomic E-state index is 9.30. The second-order valence-electron chi connectivity index (χ2n) is 3.21. The molecule has 1 aliphatic rings. The van der Waals surface area contributed by atoms with Gasteiger partial charge < -0.3 is 5.11 Å². The smallest absolute Gasteiger partial charge is 0.0543 e. The highest BCUT2D eigenvalue weighted by Gasteiger charge is 2.07. The molecule has 0 radical (unpaired) electrons. The molecule has 0 aliphatic heterocycles. The van der Waals surface area contributed by atoms with Crippen LogP contribution in [0.1, 0.15) is 32.6 Å². The van der Waals surface area contributed by atoms with E-state index in [1.165, 1.54) is 0 Å². The highest BCUT2D eigenvalue weighted by Crippen LogP contribution is 2.16. The predicted octanol–water partition coefficient (Wildman–Crippen LogP) is 2.11. The number of aliphatic hydroxyl groups excluding tert-OH is 1. The van der Waals surface area contributed by atoms with Crippen LogP contribution in [0.25, 0.3) is 0 Å². The Hall–Kier alpha value is -0.300. The van der Waals surface area contributed by atoms with E-state index in [1.54, 1.807) is 0 Å². The standard InChI is InChI=1S/C9H16O/c1-8-4-2-3-5-9(10)7-6-8/h2,4,8-10H,3,5-7H2,1H3. The van der Waals surface area contributed by atoms with E-state index in [4.69, 9.17) is 0 Å². The Bertz CT molecular complexity index is 118. The summed E-state index contributed by atoms with van der Waals surface area (Å²) in [5.74, 6) is 0.662. The zero-order chi connectivity index (χ0) is 7.40. The molecule has 0 bridgehead atoms. The highest BCUT2D eigenvalue weighted by atomic mass is 16.3. The van der Waals surface area contributed by atoms with Crippen molar-refractivity contribution in [3.05, 3.63) is 12.2 Å². The molecule has 0 amide bonds. The maximum absolute atomic E-state index is 9.30. The lowest BCUT2D eigenvalue weighted by Gasteiger charge is -2.14. The first-order valence-electron chi connectivity index (χ1n) is 4.14. The number of hydrogen-bond acceptors (Lipinski definition) is 1. The minimum atomic E-state index is -0.0487. The zero-order valence-electron chi connectivity index (χ0n) is 6.59. The number of hydrogen-bond donors (Lipinski definition) is 1. The maximum Gasteiger partial charge on any atom is 0.0543 e. The van der Waals surface area contributed by atoms with Gasteiger partial charge in [-0.1, -0.05) is 19.1 Å². The molecule has 0 spiro atoms. The quantitative estimate of drug-likeness (QED) is 0.511. The summed E-state index contributed by atoms with van der Waals surface area (Å²) in [6.45, 7) is 2.20. The lowest BCUT2D eigenvalue weighted by atomic mass is 9.97. The molecular weight excluding hydrogens is 124 g/mol. The number of rotatable bonds is 0. The molecule has 0 saturated heterocycles. The molecule has 0 aromatic heterocycles. The van der Waals surface area contributed by atoms with Gasteiger partial charge in [0.2, 0.25) is 0 Å². The second kappa shape index (κ2) is 3.77. The van der Waals surface area contributed by atoms with Gasteiger partial charge in [-0.15, -0.1) is 0 Å². The molecule has 2 unspecified atom stereocenters. The lowest BCUT2D eigenvalue weighted by Crippen LogP contribution is -2.09. The number of allylic oxidation sites excluding steroid dienone is 2. The lowest BCUT2D eigenvalue weighted by molar-refractivity contribution is 0.148. The Morgan fingerprint density at radius 3 is 2.90 bits per heavy atom. The summed E-state index contributed by atoms with van der Waals surface area (Å²) in [6.07, 6.45) is 8.50. The van der Waals surface area contributed by atoms with Gasteiger partial charge in [0.25, 0.3) is 0 Å². The van der Waals surface area contributed by atoms with Gasteiger partial charge in [-0.05, 0) is 31.6 Å². The molecule has 0 aromatic rings. The fourth-order valence-corrected chi connectivity index (χ4v) is 1.31. The van der Waals surface area contributed by atoms with E-state index in [1.807, 2.05) is 0 Å². The van der Waals surface area contributed by atoms with E-state index in [0.717, 1.165) is 25.7 Å². The minimum absolute atomic E-state index is 0.0487. The van der Waals surface area contributed by atoms with Crippen molar-refractivity contribution >= 4 is 0 Å². The molecule has 1 heteroatoms. The van der Waals surface area contributed by atoms with Crippen LogP contribution in [0.5, 0.6) is 0 Å². The third-order valence-corrected chi connectivity index (χ3v) is 2.09. The molecule has 0 heterocycles. The van der Waals surface area contributed by atoms with E-state index < -0.39 is 0 Å². The molecule has 1 N–H and O–H groups in total. The summed E-state index contributed by atoms with van der Waals surface area (Å²) >= 11 is 0. The van der Waals surface area contributed by atoms with Gasteiger partial charge in [0.05, 0.1) is 6.10 Å². The van der Waals surface area contributed by atoms with Crippen molar-refractivity contribution in [3.8, 4) is 0 Å². The van der Waals surface area contributed by atoms with Crippen LogP contribution in [0.15, 0.2) is 12.2 Å². The Morgan fingerprint density at radius 2 is 2.10 bits per heavy atom. The second-order valence-corrected chi connectivity index (χ2v) is 3.21. The Labute approximate surface area is 62.8 Å². The third-order valence-electron chi connectivity index (χ3n) is 2.09. The summed E-state index contributed by atoms with van der Waals surface area (Å²) in [6, 6.07) is 0. The highest BCUT2D eigenvalue weighted by molar-refractivity contribution is 4.89. The Morgan fingerprint density at radius 1 is 1.30 bits per heavy atom. The van der Waals surface area contributed by atoms with E-state index in [0.29, 0.717) is 5.92 Å². The summed E-state index contributed by atoms with van der Waals surface area (Å²) in [5, 5.41) is 9.30. The van der Waals surface area contributed by atoms with Crippen LogP contribution in [0.2, 0.25) is 0 Å². The van der Waals surface area contributed by atoms with Crippen LogP contribution in [0.4, 0.5) is 0 Å². The fourth-order valence-electron chi connectivity index (χ4n) is 1.31. The fraction of sp³-hybridized carbons (Fsp3) is 0.778. The van der Waals surface area contributed by atoms with Gasteiger partial charge in [-0.25, -0.2) is 0 Å². The summed E-state index contributed by atoms with van der Waals surface area (Å²) < 4.78 is 0. The first-order chi connectivity index (χ1) is 4.79. The van der Waals surface area contributed by atoms with Crippen molar-refractivity contribution in [2.75, 3.05) is 0 Å². The van der Waals surface area contributed by atoms with Crippen molar-refractivity contribution in [2.24, 2.45) is 5.92 Å². The third kappa shape index (κ3) is 2.53. The molecule has 1 aliphatic carbocycles. The Kier molecular flexibility index (Phi) is 2.94. The zero-order valence-corrected chi connectivity index (χ0v) is 6.59. The van der Waals surface area contributed by atoms with Crippen LogP contribution >= 0.6 is 0 Å². The molecule has 0 fully saturated rings. The molecule has 0 aromatic carbocycles. The van der Waals surface area contributed by atoms with E-state index >= 15 is 0 Å². The first kappa shape index (κ1) is 7.80. The molecule has 10 heavy (non-hydrogen) atoms. The van der Waals surface area contributed by atoms with E-state index in [2.05, 4.69) is 19.1 Å². The summed E-state index contributed by atoms with van der Waals surface area (Å²) in [4.78, 5) is 0. The van der Waals surface area contributed by atoms with Gasteiger partial charge in [0.1, 0.15) is 0 Å². The average Bonchev–Trinajstić information content (AvgIpc) is 1.90. The van der Waals surface area contributed by atoms with E-state index in [9.17, 15) is 5.11 Å². The van der Waals surface area contributed by atoms with Crippen molar-refractivity contribution in [1.82, 2.24) is 0 Å². The SMILES string of the molecule is CC1C=CCCC(O)CC1. The van der Waals surface area contributed by atoms with Crippen LogP contribution in [-0.4, -0.2) is 11.2 Å². The van der Waals surface area contributed by atoms with Gasteiger partial charge in [0, 0.05) is 0 Å². The predicted molar refractivity (Wildman–Crippen MR) is 42.8 cm³/mol. The molecule has 2 atom stereocenters. The molecule has 1 nitrogen and oxygen atoms in total. The largest absolute Gasteiger partial charge is 0.393 e. The topological polar surface area (TPSA) is 20.2 Å². The van der Waals surface area contributed by atoms with Gasteiger partial charge >= 0.3 is 0 Å². The van der Waals surface area contributed by atoms with Crippen LogP contribution in [0, 0.1) is 5.92 Å². The minimum Gasteiger partial charge on any atom is -0.393 e. The van der Waals surface area contributed by atoms with Crippen molar-refractivity contribution in [3.63, 3.8) is 0 Å². The van der Waals surface area contributed by atoms with E-state index in [-0.39, 0.29) is 6.10 Å². The van der Waals surface area contributed by atoms with Crippen molar-refractivity contribution in [1.29, 1.82) is 0 Å². The van der Waals surface area contributed by atoms with Crippen LogP contribution in [0.3, 0.4) is 0 Å². The molecule has 0 saturated carbocycles.